The summed E-state index contributed by atoms with van der Waals surface area (Å²) in [5.41, 5.74) is 0.493. The highest BCUT2D eigenvalue weighted by molar-refractivity contribution is 7.97. The molecule has 0 radical (unpaired) electrons. The Hall–Kier alpha value is -2.66. The Kier molecular flexibility index (Phi) is 5.41. The van der Waals surface area contributed by atoms with Crippen molar-refractivity contribution in [1.29, 1.82) is 0 Å². The predicted octanol–water partition coefficient (Wildman–Crippen LogP) is 5.10. The predicted molar refractivity (Wildman–Crippen MR) is 109 cm³/mol. The van der Waals surface area contributed by atoms with Gasteiger partial charge in [0.2, 0.25) is 11.7 Å². The molecule has 30 heavy (non-hydrogen) atoms. The van der Waals surface area contributed by atoms with Gasteiger partial charge in [-0.2, -0.15) is 18.2 Å². The minimum absolute atomic E-state index is 0.153. The Morgan fingerprint density at radius 2 is 1.87 bits per heavy atom. The van der Waals surface area contributed by atoms with E-state index in [0.29, 0.717) is 39.0 Å². The summed E-state index contributed by atoms with van der Waals surface area (Å²) in [6.07, 6.45) is -4.39. The summed E-state index contributed by atoms with van der Waals surface area (Å²) in [6, 6.07) is 4.57. The van der Waals surface area contributed by atoms with Crippen LogP contribution in [0.15, 0.2) is 33.6 Å². The number of aromatic nitrogens is 4. The van der Waals surface area contributed by atoms with Crippen molar-refractivity contribution < 1.29 is 17.7 Å². The van der Waals surface area contributed by atoms with Crippen LogP contribution in [0.25, 0.3) is 21.6 Å². The second-order valence-corrected chi connectivity index (χ2v) is 8.74. The normalized spacial score (nSPS) is 12.0. The summed E-state index contributed by atoms with van der Waals surface area (Å²) in [4.78, 5) is 25.6. The van der Waals surface area contributed by atoms with Crippen LogP contribution in [0.3, 0.4) is 0 Å². The van der Waals surface area contributed by atoms with Crippen LogP contribution in [0.4, 0.5) is 13.2 Å². The molecule has 0 bridgehead atoms. The SMILES string of the molecule is Cc1sc2nc(CSCc3nc(-c4ccc(C(F)(F)F)cc4)no3)[nH]c(=O)c2c1C. The first kappa shape index (κ1) is 20.6. The Balaban J connectivity index is 1.41. The number of nitrogens with zero attached hydrogens (tertiary/aromatic N) is 3. The van der Waals surface area contributed by atoms with Gasteiger partial charge in [-0.05, 0) is 31.5 Å². The van der Waals surface area contributed by atoms with E-state index in [0.717, 1.165) is 22.6 Å². The van der Waals surface area contributed by atoms with Gasteiger partial charge in [0, 0.05) is 10.4 Å². The molecule has 0 aliphatic rings. The highest BCUT2D eigenvalue weighted by atomic mass is 32.2. The lowest BCUT2D eigenvalue weighted by Gasteiger charge is -2.05. The zero-order valence-electron chi connectivity index (χ0n) is 15.8. The molecule has 0 unspecified atom stereocenters. The van der Waals surface area contributed by atoms with E-state index in [1.807, 2.05) is 13.8 Å². The van der Waals surface area contributed by atoms with Gasteiger partial charge in [-0.15, -0.1) is 23.1 Å². The molecule has 0 aliphatic heterocycles. The number of halogens is 3. The van der Waals surface area contributed by atoms with Crippen LogP contribution < -0.4 is 5.56 Å². The first-order valence-electron chi connectivity index (χ1n) is 8.79. The Morgan fingerprint density at radius 1 is 1.13 bits per heavy atom. The highest BCUT2D eigenvalue weighted by Crippen LogP contribution is 2.31. The van der Waals surface area contributed by atoms with E-state index in [1.165, 1.54) is 35.2 Å². The van der Waals surface area contributed by atoms with E-state index in [9.17, 15) is 18.0 Å². The summed E-state index contributed by atoms with van der Waals surface area (Å²) in [5.74, 6) is 1.93. The van der Waals surface area contributed by atoms with E-state index in [4.69, 9.17) is 4.52 Å². The number of aromatic amines is 1. The molecule has 4 rings (SSSR count). The second-order valence-electron chi connectivity index (χ2n) is 6.56. The average molecular weight is 452 g/mol. The van der Waals surface area contributed by atoms with Crippen LogP contribution >= 0.6 is 23.1 Å². The summed E-state index contributed by atoms with van der Waals surface area (Å²) >= 11 is 2.92. The van der Waals surface area contributed by atoms with Gasteiger partial charge in [0.15, 0.2) is 0 Å². The summed E-state index contributed by atoms with van der Waals surface area (Å²) in [6.45, 7) is 3.86. The van der Waals surface area contributed by atoms with E-state index in [2.05, 4.69) is 20.1 Å². The first-order chi connectivity index (χ1) is 14.2. The number of thioether (sulfide) groups is 1. The Bertz CT molecular complexity index is 1260. The number of aryl methyl sites for hydroxylation is 2. The number of hydrogen-bond acceptors (Lipinski definition) is 7. The maximum atomic E-state index is 12.7. The molecule has 1 aromatic carbocycles. The van der Waals surface area contributed by atoms with Gasteiger partial charge in [0.05, 0.1) is 22.5 Å². The van der Waals surface area contributed by atoms with E-state index < -0.39 is 11.7 Å². The van der Waals surface area contributed by atoms with Gasteiger partial charge in [-0.3, -0.25) is 4.79 Å². The fourth-order valence-corrected chi connectivity index (χ4v) is 4.61. The van der Waals surface area contributed by atoms with Crippen LogP contribution in [0, 0.1) is 13.8 Å². The minimum Gasteiger partial charge on any atom is -0.338 e. The molecule has 156 valence electrons. The standard InChI is InChI=1S/C19H15F3N4O2S2/c1-9-10(2)30-18-15(9)17(27)23-13(24-18)7-29-8-14-25-16(26-28-14)11-3-5-12(6-4-11)19(20,21)22/h3-6H,7-8H2,1-2H3,(H,23,24,27). The molecule has 0 fully saturated rings. The fraction of sp³-hybridized carbons (Fsp3) is 0.263. The summed E-state index contributed by atoms with van der Waals surface area (Å²) < 4.78 is 43.1. The Labute approximate surface area is 176 Å². The Morgan fingerprint density at radius 3 is 2.57 bits per heavy atom. The van der Waals surface area contributed by atoms with Crippen molar-refractivity contribution in [2.24, 2.45) is 0 Å². The van der Waals surface area contributed by atoms with Crippen LogP contribution in [0.5, 0.6) is 0 Å². The zero-order chi connectivity index (χ0) is 21.5. The molecule has 11 heteroatoms. The molecule has 0 amide bonds. The van der Waals surface area contributed by atoms with Crippen LogP contribution in [0.2, 0.25) is 0 Å². The molecule has 3 aromatic heterocycles. The zero-order valence-corrected chi connectivity index (χ0v) is 17.5. The van der Waals surface area contributed by atoms with Crippen molar-refractivity contribution in [3.8, 4) is 11.4 Å². The van der Waals surface area contributed by atoms with Gasteiger partial charge >= 0.3 is 6.18 Å². The van der Waals surface area contributed by atoms with E-state index >= 15 is 0 Å². The fourth-order valence-electron chi connectivity index (χ4n) is 2.84. The topological polar surface area (TPSA) is 84.7 Å². The number of fused-ring (bicyclic) bond motifs is 1. The molecule has 6 nitrogen and oxygen atoms in total. The number of hydrogen-bond donors (Lipinski definition) is 1. The van der Waals surface area contributed by atoms with Gasteiger partial charge in [0.1, 0.15) is 10.7 Å². The number of nitrogens with one attached hydrogen (secondary N) is 1. The van der Waals surface area contributed by atoms with Crippen molar-refractivity contribution >= 4 is 33.3 Å². The maximum absolute atomic E-state index is 12.7. The first-order valence-corrected chi connectivity index (χ1v) is 10.8. The lowest BCUT2D eigenvalue weighted by molar-refractivity contribution is -0.137. The van der Waals surface area contributed by atoms with Gasteiger partial charge < -0.3 is 9.51 Å². The summed E-state index contributed by atoms with van der Waals surface area (Å²) in [5, 5.41) is 4.45. The molecule has 0 atom stereocenters. The van der Waals surface area contributed by atoms with Crippen molar-refractivity contribution in [2.75, 3.05) is 0 Å². The lowest BCUT2D eigenvalue weighted by Crippen LogP contribution is -2.10. The van der Waals surface area contributed by atoms with Gasteiger partial charge in [0.25, 0.3) is 5.56 Å². The molecule has 4 aromatic rings. The van der Waals surface area contributed by atoms with Crippen molar-refractivity contribution in [3.63, 3.8) is 0 Å². The van der Waals surface area contributed by atoms with Crippen molar-refractivity contribution in [2.45, 2.75) is 31.5 Å². The quantitative estimate of drug-likeness (QED) is 0.453. The number of benzene rings is 1. The van der Waals surface area contributed by atoms with Crippen LogP contribution in [-0.2, 0) is 17.7 Å². The monoisotopic (exact) mass is 452 g/mol. The lowest BCUT2D eigenvalue weighted by atomic mass is 10.1. The summed E-state index contributed by atoms with van der Waals surface area (Å²) in [7, 11) is 0. The molecular formula is C19H15F3N4O2S2. The number of alkyl halides is 3. The molecule has 0 aliphatic carbocycles. The largest absolute Gasteiger partial charge is 0.416 e. The maximum Gasteiger partial charge on any atom is 0.416 e. The van der Waals surface area contributed by atoms with Crippen LogP contribution in [-0.4, -0.2) is 20.1 Å². The smallest absolute Gasteiger partial charge is 0.338 e. The third-order valence-electron chi connectivity index (χ3n) is 4.49. The van der Waals surface area contributed by atoms with Gasteiger partial charge in [-0.1, -0.05) is 17.3 Å². The number of H-pyrrole nitrogens is 1. The number of rotatable bonds is 5. The third kappa shape index (κ3) is 4.12. The average Bonchev–Trinajstić information content (AvgIpc) is 3.26. The molecule has 3 heterocycles. The van der Waals surface area contributed by atoms with Crippen molar-refractivity contribution in [3.05, 3.63) is 62.3 Å². The molecular weight excluding hydrogens is 437 g/mol. The minimum atomic E-state index is -4.39. The molecule has 0 spiro atoms. The van der Waals surface area contributed by atoms with Gasteiger partial charge in [-0.25, -0.2) is 4.98 Å². The van der Waals surface area contributed by atoms with E-state index in [-0.39, 0.29) is 11.4 Å². The second kappa shape index (κ2) is 7.88. The van der Waals surface area contributed by atoms with Crippen LogP contribution in [0.1, 0.15) is 27.7 Å². The molecule has 0 saturated heterocycles. The molecule has 1 N–H and O–H groups in total. The number of thiophene rings is 1. The highest BCUT2D eigenvalue weighted by Gasteiger charge is 2.30. The van der Waals surface area contributed by atoms with E-state index in [1.54, 1.807) is 0 Å². The third-order valence-corrected chi connectivity index (χ3v) is 6.52. The van der Waals surface area contributed by atoms with Crippen molar-refractivity contribution in [1.82, 2.24) is 20.1 Å². The molecule has 0 saturated carbocycles.